The molecule has 1 aliphatic heterocycles. The Morgan fingerprint density at radius 1 is 1.36 bits per heavy atom. The van der Waals surface area contributed by atoms with Crippen LogP contribution in [0.15, 0.2) is 12.3 Å². The highest BCUT2D eigenvalue weighted by Crippen LogP contribution is 2.38. The third-order valence-corrected chi connectivity index (χ3v) is 5.71. The molecule has 0 aromatic carbocycles. The van der Waals surface area contributed by atoms with E-state index in [4.69, 9.17) is 4.74 Å². The standard InChI is InChI=1S/C19H24N4O4S/c1-5-27-19(26)16-13-6-8-22(12(4)24)10-15(13)28-18(16)20-17(25)14-7-9-23(21-14)11(2)3/h7,9,11H,5-6,8,10H2,1-4H3,(H,20,25). The van der Waals surface area contributed by atoms with Gasteiger partial charge in [-0.15, -0.1) is 11.3 Å². The predicted octanol–water partition coefficient (Wildman–Crippen LogP) is 2.86. The summed E-state index contributed by atoms with van der Waals surface area (Å²) in [6.45, 7) is 8.43. The number of rotatable bonds is 5. The Morgan fingerprint density at radius 3 is 2.71 bits per heavy atom. The van der Waals surface area contributed by atoms with E-state index in [1.165, 1.54) is 18.3 Å². The van der Waals surface area contributed by atoms with Gasteiger partial charge in [-0.1, -0.05) is 0 Å². The molecule has 0 unspecified atom stereocenters. The quantitative estimate of drug-likeness (QED) is 0.774. The van der Waals surface area contributed by atoms with Crippen LogP contribution in [0.4, 0.5) is 5.00 Å². The van der Waals surface area contributed by atoms with Gasteiger partial charge in [0, 0.05) is 30.6 Å². The zero-order valence-electron chi connectivity index (χ0n) is 16.4. The van der Waals surface area contributed by atoms with E-state index in [-0.39, 0.29) is 30.2 Å². The third kappa shape index (κ3) is 3.94. The molecule has 0 saturated heterocycles. The second kappa shape index (κ2) is 8.14. The SMILES string of the molecule is CCOC(=O)c1c(NC(=O)c2ccn(C(C)C)n2)sc2c1CCN(C(C)=O)C2. The van der Waals surface area contributed by atoms with Gasteiger partial charge in [-0.05, 0) is 38.8 Å². The molecule has 2 aromatic heterocycles. The Balaban J connectivity index is 1.91. The van der Waals surface area contributed by atoms with Crippen LogP contribution in [-0.4, -0.2) is 45.6 Å². The van der Waals surface area contributed by atoms with Crippen LogP contribution in [-0.2, 0) is 22.5 Å². The molecule has 2 amide bonds. The maximum absolute atomic E-state index is 12.7. The Bertz CT molecular complexity index is 915. The average molecular weight is 404 g/mol. The van der Waals surface area contributed by atoms with Gasteiger partial charge >= 0.3 is 5.97 Å². The number of hydrogen-bond acceptors (Lipinski definition) is 6. The van der Waals surface area contributed by atoms with Crippen molar-refractivity contribution < 1.29 is 19.1 Å². The number of fused-ring (bicyclic) bond motifs is 1. The lowest BCUT2D eigenvalue weighted by Gasteiger charge is -2.25. The van der Waals surface area contributed by atoms with Crippen molar-refractivity contribution in [3.8, 4) is 0 Å². The molecule has 0 bridgehead atoms. The molecule has 2 aromatic rings. The van der Waals surface area contributed by atoms with E-state index in [2.05, 4.69) is 10.4 Å². The highest BCUT2D eigenvalue weighted by molar-refractivity contribution is 7.17. The van der Waals surface area contributed by atoms with Gasteiger partial charge in [0.1, 0.15) is 5.00 Å². The number of carbonyl (C=O) groups is 3. The zero-order valence-corrected chi connectivity index (χ0v) is 17.3. The first-order valence-corrected chi connectivity index (χ1v) is 10.1. The van der Waals surface area contributed by atoms with Gasteiger partial charge in [0.25, 0.3) is 5.91 Å². The van der Waals surface area contributed by atoms with Crippen LogP contribution in [0.1, 0.15) is 65.0 Å². The summed E-state index contributed by atoms with van der Waals surface area (Å²) in [5, 5.41) is 7.54. The van der Waals surface area contributed by atoms with Crippen molar-refractivity contribution in [1.29, 1.82) is 0 Å². The summed E-state index contributed by atoms with van der Waals surface area (Å²) >= 11 is 1.31. The fraction of sp³-hybridized carbons (Fsp3) is 0.474. The number of hydrogen-bond donors (Lipinski definition) is 1. The molecule has 0 spiro atoms. The van der Waals surface area contributed by atoms with Crippen molar-refractivity contribution >= 4 is 34.1 Å². The van der Waals surface area contributed by atoms with Crippen LogP contribution in [0.3, 0.4) is 0 Å². The van der Waals surface area contributed by atoms with Gasteiger partial charge in [0.15, 0.2) is 5.69 Å². The summed E-state index contributed by atoms with van der Waals surface area (Å²) in [7, 11) is 0. The molecule has 0 aliphatic carbocycles. The number of aromatic nitrogens is 2. The number of nitrogens with zero attached hydrogens (tertiary/aromatic N) is 3. The summed E-state index contributed by atoms with van der Waals surface area (Å²) in [4.78, 5) is 39.6. The van der Waals surface area contributed by atoms with E-state index in [1.807, 2.05) is 13.8 Å². The number of esters is 1. The summed E-state index contributed by atoms with van der Waals surface area (Å²) in [6, 6.07) is 1.79. The monoisotopic (exact) mass is 404 g/mol. The Labute approximate surface area is 167 Å². The first kappa shape index (κ1) is 20.1. The summed E-state index contributed by atoms with van der Waals surface area (Å²) in [6.07, 6.45) is 2.30. The van der Waals surface area contributed by atoms with Gasteiger partial charge in [0.05, 0.1) is 18.7 Å². The van der Waals surface area contributed by atoms with Crippen molar-refractivity contribution in [3.05, 3.63) is 34.0 Å². The molecule has 9 heteroatoms. The van der Waals surface area contributed by atoms with E-state index in [9.17, 15) is 14.4 Å². The van der Waals surface area contributed by atoms with Crippen molar-refractivity contribution in [3.63, 3.8) is 0 Å². The molecule has 0 fully saturated rings. The highest BCUT2D eigenvalue weighted by atomic mass is 32.1. The normalized spacial score (nSPS) is 13.4. The maximum Gasteiger partial charge on any atom is 0.341 e. The number of anilines is 1. The zero-order chi connectivity index (χ0) is 20.4. The van der Waals surface area contributed by atoms with E-state index in [0.29, 0.717) is 30.1 Å². The number of ether oxygens (including phenoxy) is 1. The lowest BCUT2D eigenvalue weighted by Crippen LogP contribution is -2.34. The van der Waals surface area contributed by atoms with E-state index >= 15 is 0 Å². The first-order chi connectivity index (χ1) is 13.3. The smallest absolute Gasteiger partial charge is 0.341 e. The van der Waals surface area contributed by atoms with Crippen LogP contribution in [0.5, 0.6) is 0 Å². The molecule has 3 rings (SSSR count). The van der Waals surface area contributed by atoms with E-state index < -0.39 is 5.97 Å². The van der Waals surface area contributed by atoms with Crippen LogP contribution >= 0.6 is 11.3 Å². The topological polar surface area (TPSA) is 93.5 Å². The van der Waals surface area contributed by atoms with Gasteiger partial charge in [-0.25, -0.2) is 4.79 Å². The minimum atomic E-state index is -0.459. The Morgan fingerprint density at radius 2 is 2.11 bits per heavy atom. The molecule has 8 nitrogen and oxygen atoms in total. The Kier molecular flexibility index (Phi) is 5.83. The fourth-order valence-corrected chi connectivity index (χ4v) is 4.34. The number of thiophene rings is 1. The molecular weight excluding hydrogens is 380 g/mol. The second-order valence-electron chi connectivity index (χ2n) is 6.85. The average Bonchev–Trinajstić information content (AvgIpc) is 3.26. The van der Waals surface area contributed by atoms with Gasteiger partial charge in [-0.2, -0.15) is 5.10 Å². The largest absolute Gasteiger partial charge is 0.462 e. The van der Waals surface area contributed by atoms with Gasteiger partial charge < -0.3 is 15.0 Å². The van der Waals surface area contributed by atoms with Crippen LogP contribution in [0.25, 0.3) is 0 Å². The molecule has 0 atom stereocenters. The minimum absolute atomic E-state index is 0.0125. The molecule has 0 saturated carbocycles. The lowest BCUT2D eigenvalue weighted by atomic mass is 10.0. The lowest BCUT2D eigenvalue weighted by molar-refractivity contribution is -0.129. The third-order valence-electron chi connectivity index (χ3n) is 4.58. The molecule has 3 heterocycles. The summed E-state index contributed by atoms with van der Waals surface area (Å²) in [5.74, 6) is -0.854. The second-order valence-corrected chi connectivity index (χ2v) is 7.95. The Hall–Kier alpha value is -2.68. The van der Waals surface area contributed by atoms with Gasteiger partial charge in [-0.3, -0.25) is 14.3 Å². The number of carbonyl (C=O) groups excluding carboxylic acids is 3. The van der Waals surface area contributed by atoms with Crippen LogP contribution in [0.2, 0.25) is 0 Å². The van der Waals surface area contributed by atoms with Gasteiger partial charge in [0.2, 0.25) is 5.91 Å². The summed E-state index contributed by atoms with van der Waals surface area (Å²) in [5.41, 5.74) is 1.52. The minimum Gasteiger partial charge on any atom is -0.462 e. The maximum atomic E-state index is 12.7. The molecule has 1 N–H and O–H groups in total. The molecule has 150 valence electrons. The highest BCUT2D eigenvalue weighted by Gasteiger charge is 2.30. The fourth-order valence-electron chi connectivity index (χ4n) is 3.09. The van der Waals surface area contributed by atoms with Crippen LogP contribution < -0.4 is 5.32 Å². The van der Waals surface area contributed by atoms with Crippen molar-refractivity contribution in [2.45, 2.75) is 46.7 Å². The molecule has 0 radical (unpaired) electrons. The van der Waals surface area contributed by atoms with Crippen molar-refractivity contribution in [2.75, 3.05) is 18.5 Å². The van der Waals surface area contributed by atoms with Crippen molar-refractivity contribution in [1.82, 2.24) is 14.7 Å². The van der Waals surface area contributed by atoms with Crippen molar-refractivity contribution in [2.24, 2.45) is 0 Å². The first-order valence-electron chi connectivity index (χ1n) is 9.25. The molecule has 1 aliphatic rings. The molecule has 28 heavy (non-hydrogen) atoms. The van der Waals surface area contributed by atoms with E-state index in [1.54, 1.807) is 28.8 Å². The summed E-state index contributed by atoms with van der Waals surface area (Å²) < 4.78 is 6.91. The van der Waals surface area contributed by atoms with E-state index in [0.717, 1.165) is 10.4 Å². The number of amides is 2. The predicted molar refractivity (Wildman–Crippen MR) is 106 cm³/mol. The number of nitrogens with one attached hydrogen (secondary N) is 1. The van der Waals surface area contributed by atoms with Crippen LogP contribution in [0, 0.1) is 0 Å². The molecular formula is C19H24N4O4S.